The fourth-order valence-corrected chi connectivity index (χ4v) is 1.45. The summed E-state index contributed by atoms with van der Waals surface area (Å²) < 4.78 is 4.63. The van der Waals surface area contributed by atoms with Gasteiger partial charge in [0.05, 0.1) is 13.0 Å². The topological polar surface area (TPSA) is 38.3 Å². The average Bonchev–Trinajstić information content (AvgIpc) is 2.30. The van der Waals surface area contributed by atoms with Crippen molar-refractivity contribution in [3.8, 4) is 0 Å². The molecule has 0 spiro atoms. The lowest BCUT2D eigenvalue weighted by atomic mass is 10.1. The van der Waals surface area contributed by atoms with Gasteiger partial charge in [-0.15, -0.1) is 0 Å². The second-order valence-corrected chi connectivity index (χ2v) is 4.12. The van der Waals surface area contributed by atoms with E-state index in [1.165, 1.54) is 7.11 Å². The van der Waals surface area contributed by atoms with Crippen molar-refractivity contribution in [2.24, 2.45) is 5.92 Å². The predicted molar refractivity (Wildman–Crippen MR) is 64.3 cm³/mol. The van der Waals surface area contributed by atoms with E-state index in [1.54, 1.807) is 0 Å². The Balaban J connectivity index is 2.30. The van der Waals surface area contributed by atoms with Crippen LogP contribution in [0.5, 0.6) is 0 Å². The first-order valence-electron chi connectivity index (χ1n) is 5.16. The molecule has 0 saturated heterocycles. The van der Waals surface area contributed by atoms with Gasteiger partial charge in [0.2, 0.25) is 0 Å². The third-order valence-electron chi connectivity index (χ3n) is 2.30. The molecule has 0 bridgehead atoms. The molecule has 0 radical (unpaired) electrons. The molecule has 0 aliphatic heterocycles. The maximum Gasteiger partial charge on any atom is 0.309 e. The number of ether oxygens (including phenoxy) is 1. The highest BCUT2D eigenvalue weighted by atomic mass is 35.5. The molecule has 16 heavy (non-hydrogen) atoms. The monoisotopic (exact) mass is 241 g/mol. The molecular weight excluding hydrogens is 226 g/mol. The SMILES string of the molecule is COC(=O)[C@H](C)CNCc1ccc(Cl)cc1. The van der Waals surface area contributed by atoms with Crippen molar-refractivity contribution in [1.82, 2.24) is 5.32 Å². The van der Waals surface area contributed by atoms with Crippen molar-refractivity contribution >= 4 is 17.6 Å². The molecule has 0 unspecified atom stereocenters. The molecule has 0 amide bonds. The largest absolute Gasteiger partial charge is 0.469 e. The van der Waals surface area contributed by atoms with Gasteiger partial charge in [-0.1, -0.05) is 30.7 Å². The van der Waals surface area contributed by atoms with Gasteiger partial charge in [0.25, 0.3) is 0 Å². The number of nitrogens with one attached hydrogen (secondary N) is 1. The summed E-state index contributed by atoms with van der Waals surface area (Å²) in [4.78, 5) is 11.1. The van der Waals surface area contributed by atoms with Gasteiger partial charge in [0.1, 0.15) is 0 Å². The van der Waals surface area contributed by atoms with Gasteiger partial charge in [-0.25, -0.2) is 0 Å². The van der Waals surface area contributed by atoms with Gasteiger partial charge in [-0.05, 0) is 17.7 Å². The summed E-state index contributed by atoms with van der Waals surface area (Å²) in [5.41, 5.74) is 1.14. The molecule has 0 saturated carbocycles. The number of hydrogen-bond acceptors (Lipinski definition) is 3. The highest BCUT2D eigenvalue weighted by Gasteiger charge is 2.11. The molecule has 1 atom stereocenters. The molecule has 0 heterocycles. The Kier molecular flexibility index (Phi) is 5.29. The Bertz CT molecular complexity index is 337. The number of carbonyl (C=O) groups excluding carboxylic acids is 1. The summed E-state index contributed by atoms with van der Waals surface area (Å²) >= 11 is 5.77. The lowest BCUT2D eigenvalue weighted by molar-refractivity contribution is -0.144. The minimum absolute atomic E-state index is 0.127. The van der Waals surface area contributed by atoms with Crippen LogP contribution in [0.1, 0.15) is 12.5 Å². The second-order valence-electron chi connectivity index (χ2n) is 3.68. The maximum atomic E-state index is 11.1. The standard InChI is InChI=1S/C12H16ClNO2/c1-9(12(15)16-2)7-14-8-10-3-5-11(13)6-4-10/h3-6,9,14H,7-8H2,1-2H3/t9-/m1/s1. The summed E-state index contributed by atoms with van der Waals surface area (Å²) in [5.74, 6) is -0.319. The van der Waals surface area contributed by atoms with Crippen molar-refractivity contribution < 1.29 is 9.53 Å². The number of hydrogen-bond donors (Lipinski definition) is 1. The number of esters is 1. The highest BCUT2D eigenvalue weighted by Crippen LogP contribution is 2.09. The summed E-state index contributed by atoms with van der Waals surface area (Å²) in [6.07, 6.45) is 0. The van der Waals surface area contributed by atoms with Crippen LogP contribution in [0.25, 0.3) is 0 Å². The van der Waals surface area contributed by atoms with E-state index in [0.717, 1.165) is 17.1 Å². The summed E-state index contributed by atoms with van der Waals surface area (Å²) in [5, 5.41) is 3.92. The van der Waals surface area contributed by atoms with E-state index in [0.29, 0.717) is 6.54 Å². The maximum absolute atomic E-state index is 11.1. The van der Waals surface area contributed by atoms with Gasteiger partial charge in [-0.2, -0.15) is 0 Å². The zero-order valence-electron chi connectivity index (χ0n) is 9.50. The second kappa shape index (κ2) is 6.51. The number of methoxy groups -OCH3 is 1. The Morgan fingerprint density at radius 1 is 1.44 bits per heavy atom. The van der Waals surface area contributed by atoms with Crippen LogP contribution in [0.15, 0.2) is 24.3 Å². The summed E-state index contributed by atoms with van der Waals surface area (Å²) in [7, 11) is 1.40. The van der Waals surface area contributed by atoms with Crippen LogP contribution in [0.2, 0.25) is 5.02 Å². The number of rotatable bonds is 5. The van der Waals surface area contributed by atoms with Crippen LogP contribution in [-0.2, 0) is 16.1 Å². The Hall–Kier alpha value is -1.06. The molecule has 4 heteroatoms. The Labute approximate surface area is 101 Å². The van der Waals surface area contributed by atoms with Crippen LogP contribution in [0.4, 0.5) is 0 Å². The molecule has 1 aromatic carbocycles. The first-order valence-corrected chi connectivity index (χ1v) is 5.54. The predicted octanol–water partition coefficient (Wildman–Crippen LogP) is 2.24. The molecular formula is C12H16ClNO2. The van der Waals surface area contributed by atoms with Crippen LogP contribution < -0.4 is 5.32 Å². The van der Waals surface area contributed by atoms with Gasteiger partial charge >= 0.3 is 5.97 Å². The van der Waals surface area contributed by atoms with E-state index in [-0.39, 0.29) is 11.9 Å². The molecule has 1 N–H and O–H groups in total. The van der Waals surface area contributed by atoms with E-state index >= 15 is 0 Å². The van der Waals surface area contributed by atoms with Gasteiger partial charge < -0.3 is 10.1 Å². The average molecular weight is 242 g/mol. The Morgan fingerprint density at radius 3 is 2.62 bits per heavy atom. The molecule has 0 fully saturated rings. The van der Waals surface area contributed by atoms with E-state index < -0.39 is 0 Å². The van der Waals surface area contributed by atoms with Crippen molar-refractivity contribution in [1.29, 1.82) is 0 Å². The fourth-order valence-electron chi connectivity index (χ4n) is 1.32. The van der Waals surface area contributed by atoms with Crippen molar-refractivity contribution in [3.63, 3.8) is 0 Å². The molecule has 1 aromatic rings. The fraction of sp³-hybridized carbons (Fsp3) is 0.417. The third kappa shape index (κ3) is 4.21. The van der Waals surface area contributed by atoms with Crippen LogP contribution in [0, 0.1) is 5.92 Å². The lowest BCUT2D eigenvalue weighted by Crippen LogP contribution is -2.26. The zero-order chi connectivity index (χ0) is 12.0. The van der Waals surface area contributed by atoms with Crippen LogP contribution in [0.3, 0.4) is 0 Å². The van der Waals surface area contributed by atoms with Gasteiger partial charge in [0.15, 0.2) is 0 Å². The normalized spacial score (nSPS) is 12.2. The minimum atomic E-state index is -0.191. The van der Waals surface area contributed by atoms with E-state index in [9.17, 15) is 4.79 Å². The number of benzene rings is 1. The third-order valence-corrected chi connectivity index (χ3v) is 2.55. The van der Waals surface area contributed by atoms with Gasteiger partial charge in [0, 0.05) is 18.1 Å². The lowest BCUT2D eigenvalue weighted by Gasteiger charge is -2.10. The summed E-state index contributed by atoms with van der Waals surface area (Å²) in [6.45, 7) is 3.16. The first-order chi connectivity index (χ1) is 7.63. The van der Waals surface area contributed by atoms with E-state index in [1.807, 2.05) is 31.2 Å². The smallest absolute Gasteiger partial charge is 0.309 e. The quantitative estimate of drug-likeness (QED) is 0.804. The number of carbonyl (C=O) groups is 1. The van der Waals surface area contributed by atoms with Crippen molar-refractivity contribution in [2.75, 3.05) is 13.7 Å². The zero-order valence-corrected chi connectivity index (χ0v) is 10.3. The van der Waals surface area contributed by atoms with Crippen molar-refractivity contribution in [2.45, 2.75) is 13.5 Å². The van der Waals surface area contributed by atoms with Crippen molar-refractivity contribution in [3.05, 3.63) is 34.9 Å². The van der Waals surface area contributed by atoms with E-state index in [2.05, 4.69) is 10.1 Å². The van der Waals surface area contributed by atoms with E-state index in [4.69, 9.17) is 11.6 Å². The molecule has 0 aliphatic carbocycles. The molecule has 1 rings (SSSR count). The molecule has 3 nitrogen and oxygen atoms in total. The Morgan fingerprint density at radius 2 is 2.06 bits per heavy atom. The van der Waals surface area contributed by atoms with Crippen LogP contribution >= 0.6 is 11.6 Å². The first kappa shape index (κ1) is 13.0. The highest BCUT2D eigenvalue weighted by molar-refractivity contribution is 6.30. The number of halogens is 1. The minimum Gasteiger partial charge on any atom is -0.469 e. The molecule has 0 aromatic heterocycles. The van der Waals surface area contributed by atoms with Crippen LogP contribution in [-0.4, -0.2) is 19.6 Å². The molecule has 0 aliphatic rings. The molecule has 88 valence electrons. The van der Waals surface area contributed by atoms with Gasteiger partial charge in [-0.3, -0.25) is 4.79 Å². The summed E-state index contributed by atoms with van der Waals surface area (Å²) in [6, 6.07) is 7.61.